The monoisotopic (exact) mass is 284 g/mol. The van der Waals surface area contributed by atoms with Gasteiger partial charge in [-0.2, -0.15) is 0 Å². The van der Waals surface area contributed by atoms with Crippen LogP contribution in [-0.4, -0.2) is 23.4 Å². The number of carbonyl (C=O) groups excluding carboxylic acids is 1. The summed E-state index contributed by atoms with van der Waals surface area (Å²) in [6.07, 6.45) is 2.08. The number of hydrogen-bond acceptors (Lipinski definition) is 1. The molecule has 2 atom stereocenters. The Morgan fingerprint density at radius 2 is 1.93 bits per heavy atom. The maximum Gasteiger partial charge on any atom is 0.0801 e. The van der Waals surface area contributed by atoms with Crippen LogP contribution in [0.2, 0.25) is 0 Å². The molecule has 1 radical (unpaired) electrons. The van der Waals surface area contributed by atoms with Gasteiger partial charge in [0.05, 0.1) is 5.91 Å². The molecule has 1 fully saturated rings. The molecule has 2 nitrogen and oxygen atoms in total. The molecule has 1 rings (SSSR count). The van der Waals surface area contributed by atoms with Crippen molar-refractivity contribution in [3.63, 3.8) is 0 Å². The van der Waals surface area contributed by atoms with Crippen molar-refractivity contribution in [1.29, 1.82) is 0 Å². The van der Waals surface area contributed by atoms with Crippen molar-refractivity contribution >= 4 is 5.91 Å². The van der Waals surface area contributed by atoms with Crippen LogP contribution < -0.4 is 0 Å². The van der Waals surface area contributed by atoms with E-state index in [-0.39, 0.29) is 44.7 Å². The summed E-state index contributed by atoms with van der Waals surface area (Å²) in [7, 11) is 0. The molecule has 3 heteroatoms. The number of nitrogens with zero attached hydrogens (tertiary/aromatic N) is 1. The number of rotatable bonds is 0. The maximum absolute atomic E-state index is 11.1. The van der Waals surface area contributed by atoms with Crippen molar-refractivity contribution in [1.82, 2.24) is 4.90 Å². The van der Waals surface area contributed by atoms with E-state index in [1.54, 1.807) is 4.90 Å². The first-order valence-corrected chi connectivity index (χ1v) is 5.28. The molecule has 0 bridgehead atoms. The number of hydrogen-bond donors (Lipinski definition) is 0. The second-order valence-electron chi connectivity index (χ2n) is 5.33. The van der Waals surface area contributed by atoms with Crippen LogP contribution in [0.3, 0.4) is 0 Å². The first kappa shape index (κ1) is 15.4. The zero-order chi connectivity index (χ0) is 10.9. The van der Waals surface area contributed by atoms with E-state index in [0.717, 1.165) is 19.4 Å². The Bertz CT molecular complexity index is 222. The molecule has 1 saturated heterocycles. The fraction of sp³-hybridized carbons (Fsp3) is 0.750. The molecule has 0 aliphatic carbocycles. The summed E-state index contributed by atoms with van der Waals surface area (Å²) in [5, 5.41) is 0. The van der Waals surface area contributed by atoms with Gasteiger partial charge in [0.15, 0.2) is 0 Å². The van der Waals surface area contributed by atoms with Gasteiger partial charge in [-0.3, -0.25) is 0 Å². The molecule has 0 N–H and O–H groups in total. The Labute approximate surface area is 119 Å². The van der Waals surface area contributed by atoms with Crippen molar-refractivity contribution in [3.8, 4) is 0 Å². The summed E-state index contributed by atoms with van der Waals surface area (Å²) < 4.78 is 0. The number of amides is 1. The van der Waals surface area contributed by atoms with E-state index in [0.29, 0.717) is 11.3 Å². The van der Waals surface area contributed by atoms with Crippen LogP contribution in [0.25, 0.3) is 0 Å². The minimum absolute atomic E-state index is 0. The molecule has 0 saturated carbocycles. The summed E-state index contributed by atoms with van der Waals surface area (Å²) in [4.78, 5) is 12.9. The molecule has 0 spiro atoms. The molecule has 1 aliphatic heterocycles. The third kappa shape index (κ3) is 4.07. The van der Waals surface area contributed by atoms with Crippen molar-refractivity contribution in [2.24, 2.45) is 11.3 Å². The van der Waals surface area contributed by atoms with Crippen LogP contribution in [0.5, 0.6) is 0 Å². The van der Waals surface area contributed by atoms with Gasteiger partial charge in [0.2, 0.25) is 0 Å². The maximum atomic E-state index is 11.1. The van der Waals surface area contributed by atoms with E-state index < -0.39 is 0 Å². The Morgan fingerprint density at radius 3 is 2.27 bits per heavy atom. The normalized spacial score (nSPS) is 27.1. The Hall–Kier alpha value is 0.444. The second-order valence-corrected chi connectivity index (χ2v) is 5.33. The topological polar surface area (TPSA) is 20.3 Å². The van der Waals surface area contributed by atoms with Crippen molar-refractivity contribution in [3.05, 3.63) is 13.8 Å². The van der Waals surface area contributed by atoms with Crippen molar-refractivity contribution in [2.45, 2.75) is 39.7 Å². The average molecular weight is 284 g/mol. The van der Waals surface area contributed by atoms with Gasteiger partial charge in [0, 0.05) is 39.3 Å². The van der Waals surface area contributed by atoms with Crippen LogP contribution >= 0.6 is 0 Å². The van der Waals surface area contributed by atoms with Gasteiger partial charge in [-0.1, -0.05) is 33.2 Å². The predicted molar refractivity (Wildman–Crippen MR) is 58.4 cm³/mol. The molecule has 15 heavy (non-hydrogen) atoms. The molecular formula is C12H21NOY-2. The Balaban J connectivity index is 0.00000196. The molecule has 0 aromatic heterocycles. The van der Waals surface area contributed by atoms with Crippen LogP contribution in [0.15, 0.2) is 0 Å². The standard InChI is InChI=1S/C12H21NO.Y/c1-9-8-11(12(3,4)5)6-7-13(9)10(2)14;/h9,11H,1-2,6-8H2,3-5H3;/q-2;. The minimum Gasteiger partial charge on any atom is -0.395 e. The quantitative estimate of drug-likeness (QED) is 0.625. The third-order valence-corrected chi connectivity index (χ3v) is 3.26. The summed E-state index contributed by atoms with van der Waals surface area (Å²) in [5.41, 5.74) is 0.326. The number of carbonyl (C=O) groups is 1. The van der Waals surface area contributed by atoms with Gasteiger partial charge in [-0.15, -0.1) is 0 Å². The van der Waals surface area contributed by atoms with Crippen molar-refractivity contribution in [2.75, 3.05) is 6.54 Å². The molecule has 0 aromatic rings. The third-order valence-electron chi connectivity index (χ3n) is 3.26. The molecule has 2 unspecified atom stereocenters. The van der Waals surface area contributed by atoms with E-state index in [2.05, 4.69) is 34.6 Å². The van der Waals surface area contributed by atoms with E-state index >= 15 is 0 Å². The molecule has 1 amide bonds. The van der Waals surface area contributed by atoms with E-state index in [1.807, 2.05) is 0 Å². The van der Waals surface area contributed by atoms with E-state index in [4.69, 9.17) is 0 Å². The Kier molecular flexibility index (Phi) is 5.85. The van der Waals surface area contributed by atoms with E-state index in [9.17, 15) is 4.79 Å². The largest absolute Gasteiger partial charge is 0.395 e. The summed E-state index contributed by atoms with van der Waals surface area (Å²) in [6.45, 7) is 15.1. The molecule has 1 aliphatic rings. The first-order valence-electron chi connectivity index (χ1n) is 5.28. The van der Waals surface area contributed by atoms with Crippen LogP contribution in [0.4, 0.5) is 0 Å². The summed E-state index contributed by atoms with van der Waals surface area (Å²) in [6, 6.07) is 0.109. The molecule has 1 heterocycles. The van der Waals surface area contributed by atoms with Gasteiger partial charge < -0.3 is 23.5 Å². The average Bonchev–Trinajstić information content (AvgIpc) is 2.01. The minimum atomic E-state index is -0.0858. The number of likely N-dealkylation sites (tertiary alicyclic amines) is 1. The molecular weight excluding hydrogens is 263 g/mol. The van der Waals surface area contributed by atoms with Crippen LogP contribution in [-0.2, 0) is 37.5 Å². The smallest absolute Gasteiger partial charge is 0.0801 e. The van der Waals surface area contributed by atoms with Gasteiger partial charge >= 0.3 is 0 Å². The molecule has 0 aromatic carbocycles. The van der Waals surface area contributed by atoms with E-state index in [1.165, 1.54) is 0 Å². The first-order chi connectivity index (χ1) is 6.32. The fourth-order valence-corrected chi connectivity index (χ4v) is 2.17. The SMILES string of the molecule is [CH2-]C(=O)N1CCC(C(C)(C)C)CC1[CH2-].[Y]. The fourth-order valence-electron chi connectivity index (χ4n) is 2.17. The van der Waals surface area contributed by atoms with Crippen LogP contribution in [0.1, 0.15) is 33.6 Å². The van der Waals surface area contributed by atoms with Crippen molar-refractivity contribution < 1.29 is 37.5 Å². The predicted octanol–water partition coefficient (Wildman–Crippen LogP) is 2.31. The van der Waals surface area contributed by atoms with Gasteiger partial charge in [-0.25, -0.2) is 0 Å². The van der Waals surface area contributed by atoms with Gasteiger partial charge in [-0.05, 0) is 17.8 Å². The zero-order valence-corrected chi connectivity index (χ0v) is 13.0. The van der Waals surface area contributed by atoms with Gasteiger partial charge in [0.25, 0.3) is 0 Å². The Morgan fingerprint density at radius 1 is 1.40 bits per heavy atom. The summed E-state index contributed by atoms with van der Waals surface area (Å²) in [5.74, 6) is 0.581. The summed E-state index contributed by atoms with van der Waals surface area (Å²) >= 11 is 0. The zero-order valence-electron chi connectivity index (χ0n) is 10.1. The van der Waals surface area contributed by atoms with Gasteiger partial charge in [0.1, 0.15) is 0 Å². The molecule has 85 valence electrons. The van der Waals surface area contributed by atoms with Crippen LogP contribution in [0, 0.1) is 25.2 Å². The number of piperidine rings is 1. The second kappa shape index (κ2) is 5.68.